The van der Waals surface area contributed by atoms with Crippen LogP contribution in [-0.2, 0) is 4.79 Å². The Morgan fingerprint density at radius 1 is 1.03 bits per heavy atom. The quantitative estimate of drug-likeness (QED) is 0.323. The molecule has 1 aliphatic heterocycles. The van der Waals surface area contributed by atoms with Gasteiger partial charge in [-0.2, -0.15) is 0 Å². The number of allylic oxidation sites excluding steroid dienone is 1. The van der Waals surface area contributed by atoms with E-state index in [2.05, 4.69) is 0 Å². The molecule has 1 atom stereocenters. The number of aromatic nitrogens is 2. The van der Waals surface area contributed by atoms with Crippen molar-refractivity contribution in [3.05, 3.63) is 119 Å². The van der Waals surface area contributed by atoms with Crippen LogP contribution in [0.1, 0.15) is 38.1 Å². The Morgan fingerprint density at radius 3 is 2.29 bits per heavy atom. The van der Waals surface area contributed by atoms with E-state index >= 15 is 0 Å². The van der Waals surface area contributed by atoms with Crippen molar-refractivity contribution in [1.82, 2.24) is 14.0 Å². The van der Waals surface area contributed by atoms with Gasteiger partial charge in [-0.1, -0.05) is 46.7 Å². The average Bonchev–Trinajstić information content (AvgIpc) is 3.49. The molecule has 1 aliphatic rings. The summed E-state index contributed by atoms with van der Waals surface area (Å²) in [7, 11) is 0. The van der Waals surface area contributed by atoms with Crippen LogP contribution in [0.2, 0.25) is 10.0 Å². The molecular weight excluding hydrogens is 539 g/mol. The highest BCUT2D eigenvalue weighted by atomic mass is 35.5. The molecule has 5 rings (SSSR count). The number of hydrogen-bond donors (Lipinski definition) is 0. The van der Waals surface area contributed by atoms with Crippen LogP contribution in [-0.4, -0.2) is 33.0 Å². The fourth-order valence-electron chi connectivity index (χ4n) is 4.72. The first kappa shape index (κ1) is 26.2. The van der Waals surface area contributed by atoms with Crippen LogP contribution in [0, 0.1) is 0 Å². The fraction of sp³-hybridized carbons (Fsp3) is 0.207. The summed E-state index contributed by atoms with van der Waals surface area (Å²) in [6, 6.07) is 18.1. The van der Waals surface area contributed by atoms with Crippen LogP contribution in [0.3, 0.4) is 0 Å². The summed E-state index contributed by atoms with van der Waals surface area (Å²) in [5.74, 6) is -0.123. The van der Waals surface area contributed by atoms with E-state index in [1.165, 1.54) is 11.3 Å². The Kier molecular flexibility index (Phi) is 7.43. The van der Waals surface area contributed by atoms with Crippen LogP contribution < -0.4 is 14.9 Å². The van der Waals surface area contributed by atoms with Crippen molar-refractivity contribution >= 4 is 46.5 Å². The number of benzene rings is 2. The van der Waals surface area contributed by atoms with E-state index in [9.17, 15) is 9.59 Å². The minimum Gasteiger partial charge on any atom is -0.339 e. The first-order valence-corrected chi connectivity index (χ1v) is 13.9. The molecule has 194 valence electrons. The van der Waals surface area contributed by atoms with Crippen LogP contribution >= 0.6 is 34.5 Å². The van der Waals surface area contributed by atoms with Crippen LogP contribution in [0.25, 0.3) is 11.8 Å². The van der Waals surface area contributed by atoms with Gasteiger partial charge in [-0.15, -0.1) is 0 Å². The number of amides is 1. The first-order chi connectivity index (χ1) is 18.3. The third-order valence-electron chi connectivity index (χ3n) is 6.65. The first-order valence-electron chi connectivity index (χ1n) is 12.3. The molecule has 2 aromatic carbocycles. The molecule has 1 amide bonds. The topological polar surface area (TPSA) is 59.6 Å². The zero-order valence-electron chi connectivity index (χ0n) is 21.2. The Bertz CT molecular complexity index is 1710. The summed E-state index contributed by atoms with van der Waals surface area (Å²) >= 11 is 13.6. The zero-order chi connectivity index (χ0) is 27.0. The lowest BCUT2D eigenvalue weighted by Crippen LogP contribution is -2.43. The fourth-order valence-corrected chi connectivity index (χ4v) is 6.00. The molecule has 2 aromatic heterocycles. The highest BCUT2D eigenvalue weighted by molar-refractivity contribution is 7.07. The van der Waals surface area contributed by atoms with E-state index in [1.54, 1.807) is 21.6 Å². The number of fused-ring (bicyclic) bond motifs is 1. The predicted molar refractivity (Wildman–Crippen MR) is 154 cm³/mol. The largest absolute Gasteiger partial charge is 0.339 e. The van der Waals surface area contributed by atoms with Crippen molar-refractivity contribution < 1.29 is 4.79 Å². The van der Waals surface area contributed by atoms with Gasteiger partial charge in [0, 0.05) is 40.7 Å². The minimum atomic E-state index is -0.609. The third-order valence-corrected chi connectivity index (χ3v) is 8.14. The Labute approximate surface area is 234 Å². The predicted octanol–water partition coefficient (Wildman–Crippen LogP) is 5.20. The number of likely N-dealkylation sites (N-methyl/N-ethyl adjacent to an activating group) is 1. The van der Waals surface area contributed by atoms with Gasteiger partial charge in [-0.25, -0.2) is 4.99 Å². The number of hydrogen-bond acceptors (Lipinski definition) is 4. The van der Waals surface area contributed by atoms with Gasteiger partial charge in [0.05, 0.1) is 21.8 Å². The number of nitrogens with zero attached hydrogens (tertiary/aromatic N) is 4. The van der Waals surface area contributed by atoms with E-state index < -0.39 is 6.04 Å². The number of rotatable bonds is 6. The lowest BCUT2D eigenvalue weighted by molar-refractivity contribution is -0.127. The second-order valence-corrected chi connectivity index (χ2v) is 10.8. The maximum Gasteiger partial charge on any atom is 0.271 e. The van der Waals surface area contributed by atoms with Crippen LogP contribution in [0.4, 0.5) is 0 Å². The van der Waals surface area contributed by atoms with Crippen molar-refractivity contribution in [3.63, 3.8) is 0 Å². The smallest absolute Gasteiger partial charge is 0.271 e. The molecule has 0 spiro atoms. The molecule has 4 aromatic rings. The Balaban J connectivity index is 1.69. The van der Waals surface area contributed by atoms with Crippen molar-refractivity contribution in [2.24, 2.45) is 4.99 Å². The normalized spacial score (nSPS) is 15.4. The van der Waals surface area contributed by atoms with Gasteiger partial charge in [0.1, 0.15) is 0 Å². The summed E-state index contributed by atoms with van der Waals surface area (Å²) < 4.78 is 4.16. The summed E-state index contributed by atoms with van der Waals surface area (Å²) in [5.41, 5.74) is 3.49. The average molecular weight is 566 g/mol. The van der Waals surface area contributed by atoms with E-state index in [1.807, 2.05) is 86.1 Å². The minimum absolute atomic E-state index is 0.123. The monoisotopic (exact) mass is 564 g/mol. The number of halogens is 2. The standard InChI is InChI=1S/C29H26Cl2N4O2S/c1-4-33(5-2)28(37)25-18(3)32-29-35(26(25)19-8-10-20(30)11-9-19)27(36)24(38-29)17-23-7-6-16-34(23)22-14-12-21(31)13-15-22/h6-17,26H,4-5H2,1-3H3/b24-17+/t26-/m0/s1. The van der Waals surface area contributed by atoms with Crippen LogP contribution in [0.15, 0.2) is 87.9 Å². The molecule has 9 heteroatoms. The zero-order valence-corrected chi connectivity index (χ0v) is 23.5. The second kappa shape index (κ2) is 10.8. The number of thiazole rings is 1. The van der Waals surface area contributed by atoms with Gasteiger partial charge in [0.15, 0.2) is 4.80 Å². The van der Waals surface area contributed by atoms with Gasteiger partial charge in [-0.3, -0.25) is 14.2 Å². The van der Waals surface area contributed by atoms with Crippen molar-refractivity contribution in [2.75, 3.05) is 13.1 Å². The molecule has 0 saturated carbocycles. The lowest BCUT2D eigenvalue weighted by atomic mass is 9.94. The molecule has 6 nitrogen and oxygen atoms in total. The summed E-state index contributed by atoms with van der Waals surface area (Å²) in [4.78, 5) is 34.7. The van der Waals surface area contributed by atoms with E-state index in [4.69, 9.17) is 28.2 Å². The molecule has 0 aliphatic carbocycles. The van der Waals surface area contributed by atoms with Gasteiger partial charge in [0.25, 0.3) is 11.5 Å². The Hall–Kier alpha value is -3.39. The third kappa shape index (κ3) is 4.77. The molecule has 3 heterocycles. The highest BCUT2D eigenvalue weighted by Crippen LogP contribution is 2.31. The molecule has 0 N–H and O–H groups in total. The summed E-state index contributed by atoms with van der Waals surface area (Å²) in [6.07, 6.45) is 3.80. The number of carbonyl (C=O) groups excluding carboxylic acids is 1. The molecule has 38 heavy (non-hydrogen) atoms. The summed E-state index contributed by atoms with van der Waals surface area (Å²) in [5, 5.41) is 1.24. The van der Waals surface area contributed by atoms with E-state index in [-0.39, 0.29) is 11.5 Å². The van der Waals surface area contributed by atoms with Gasteiger partial charge in [0.2, 0.25) is 0 Å². The Morgan fingerprint density at radius 2 is 1.66 bits per heavy atom. The highest BCUT2D eigenvalue weighted by Gasteiger charge is 2.34. The molecule has 0 saturated heterocycles. The van der Waals surface area contributed by atoms with E-state index in [0.29, 0.717) is 43.7 Å². The van der Waals surface area contributed by atoms with Crippen molar-refractivity contribution in [3.8, 4) is 5.69 Å². The molecule has 0 bridgehead atoms. The second-order valence-electron chi connectivity index (χ2n) is 8.89. The maximum absolute atomic E-state index is 13.9. The maximum atomic E-state index is 13.9. The number of carbonyl (C=O) groups is 1. The van der Waals surface area contributed by atoms with Gasteiger partial charge < -0.3 is 9.47 Å². The molecule has 0 fully saturated rings. The van der Waals surface area contributed by atoms with Gasteiger partial charge >= 0.3 is 0 Å². The molecule has 0 radical (unpaired) electrons. The molecule has 0 unspecified atom stereocenters. The SMILES string of the molecule is CCN(CC)C(=O)C1=C(C)N=c2s/c(=C/c3cccn3-c3ccc(Cl)cc3)c(=O)n2[C@H]1c1ccc(Cl)cc1. The van der Waals surface area contributed by atoms with Crippen LogP contribution in [0.5, 0.6) is 0 Å². The molecular formula is C29H26Cl2N4O2S. The van der Waals surface area contributed by atoms with Gasteiger partial charge in [-0.05, 0) is 80.9 Å². The lowest BCUT2D eigenvalue weighted by Gasteiger charge is -2.29. The van der Waals surface area contributed by atoms with E-state index in [0.717, 1.165) is 16.9 Å². The van der Waals surface area contributed by atoms with Crippen molar-refractivity contribution in [2.45, 2.75) is 26.8 Å². The summed E-state index contributed by atoms with van der Waals surface area (Å²) in [6.45, 7) is 6.85. The van der Waals surface area contributed by atoms with Crippen molar-refractivity contribution in [1.29, 1.82) is 0 Å².